The molecular weight excluding hydrogens is 381 g/mol. The van der Waals surface area contributed by atoms with E-state index in [0.29, 0.717) is 24.7 Å². The highest BCUT2D eigenvalue weighted by Crippen LogP contribution is 2.29. The van der Waals surface area contributed by atoms with E-state index in [-0.39, 0.29) is 30.2 Å². The molecule has 1 saturated heterocycles. The summed E-state index contributed by atoms with van der Waals surface area (Å²) in [6.45, 7) is 4.45. The smallest absolute Gasteiger partial charge is 0.276 e. The number of amides is 1. The third kappa shape index (κ3) is 4.52. The lowest BCUT2D eigenvalue weighted by molar-refractivity contribution is 0.0738. The number of rotatable bonds is 6. The first kappa shape index (κ1) is 20.7. The maximum absolute atomic E-state index is 13.4. The summed E-state index contributed by atoms with van der Waals surface area (Å²) in [6, 6.07) is 7.17. The van der Waals surface area contributed by atoms with Crippen LogP contribution in [-0.4, -0.2) is 51.5 Å². The van der Waals surface area contributed by atoms with Gasteiger partial charge in [0.2, 0.25) is 0 Å². The Morgan fingerprint density at radius 1 is 1.29 bits per heavy atom. The highest BCUT2D eigenvalue weighted by molar-refractivity contribution is 5.93. The van der Waals surface area contributed by atoms with Crippen LogP contribution >= 0.6 is 12.4 Å². The number of benzene rings is 1. The lowest BCUT2D eigenvalue weighted by atomic mass is 10.1. The van der Waals surface area contributed by atoms with Gasteiger partial charge in [-0.25, -0.2) is 9.07 Å². The Morgan fingerprint density at radius 3 is 2.71 bits per heavy atom. The second-order valence-corrected chi connectivity index (χ2v) is 7.56. The Kier molecular flexibility index (Phi) is 6.67. The van der Waals surface area contributed by atoms with E-state index in [9.17, 15) is 9.18 Å². The van der Waals surface area contributed by atoms with Crippen molar-refractivity contribution in [3.05, 3.63) is 47.0 Å². The van der Waals surface area contributed by atoms with Crippen LogP contribution in [0.15, 0.2) is 24.3 Å². The van der Waals surface area contributed by atoms with Crippen molar-refractivity contribution in [1.82, 2.24) is 25.2 Å². The molecule has 0 atom stereocenters. The molecule has 0 unspecified atom stereocenters. The van der Waals surface area contributed by atoms with Gasteiger partial charge in [0.25, 0.3) is 5.91 Å². The van der Waals surface area contributed by atoms with Gasteiger partial charge in [0, 0.05) is 12.6 Å². The Bertz CT molecular complexity index is 817. The van der Waals surface area contributed by atoms with Gasteiger partial charge < -0.3 is 10.2 Å². The van der Waals surface area contributed by atoms with Crippen LogP contribution in [0.1, 0.15) is 53.5 Å². The molecule has 0 spiro atoms. The zero-order valence-electron chi connectivity index (χ0n) is 16.1. The van der Waals surface area contributed by atoms with Gasteiger partial charge >= 0.3 is 0 Å². The average molecular weight is 408 g/mol. The van der Waals surface area contributed by atoms with Gasteiger partial charge in [-0.2, -0.15) is 0 Å². The van der Waals surface area contributed by atoms with Crippen molar-refractivity contribution in [3.63, 3.8) is 0 Å². The van der Waals surface area contributed by atoms with Gasteiger partial charge in [-0.3, -0.25) is 4.79 Å². The zero-order chi connectivity index (χ0) is 18.8. The molecule has 1 aliphatic carbocycles. The van der Waals surface area contributed by atoms with E-state index < -0.39 is 0 Å². The molecule has 8 heteroatoms. The maximum Gasteiger partial charge on any atom is 0.276 e. The first-order chi connectivity index (χ1) is 13.1. The third-order valence-corrected chi connectivity index (χ3v) is 5.56. The molecule has 1 saturated carbocycles. The molecule has 1 amide bonds. The minimum atomic E-state index is -0.238. The van der Waals surface area contributed by atoms with E-state index in [2.05, 4.69) is 15.6 Å². The second kappa shape index (κ2) is 9.01. The van der Waals surface area contributed by atoms with Crippen LogP contribution in [0.2, 0.25) is 0 Å². The Morgan fingerprint density at radius 2 is 2.04 bits per heavy atom. The summed E-state index contributed by atoms with van der Waals surface area (Å²) in [5, 5.41) is 11.9. The van der Waals surface area contributed by atoms with Crippen LogP contribution in [0, 0.1) is 12.7 Å². The summed E-state index contributed by atoms with van der Waals surface area (Å²) in [5.41, 5.74) is 2.21. The second-order valence-electron chi connectivity index (χ2n) is 7.56. The van der Waals surface area contributed by atoms with E-state index in [0.717, 1.165) is 50.0 Å². The molecule has 6 nitrogen and oxygen atoms in total. The topological polar surface area (TPSA) is 63.1 Å². The Hall–Kier alpha value is -1.99. The van der Waals surface area contributed by atoms with Crippen molar-refractivity contribution in [2.24, 2.45) is 0 Å². The number of halogens is 2. The van der Waals surface area contributed by atoms with Gasteiger partial charge in [-0.15, -0.1) is 17.5 Å². The van der Waals surface area contributed by atoms with Crippen molar-refractivity contribution < 1.29 is 9.18 Å². The fourth-order valence-corrected chi connectivity index (χ4v) is 3.85. The van der Waals surface area contributed by atoms with Crippen LogP contribution in [-0.2, 0) is 6.42 Å². The van der Waals surface area contributed by atoms with E-state index in [4.69, 9.17) is 0 Å². The van der Waals surface area contributed by atoms with Crippen LogP contribution in [0.5, 0.6) is 0 Å². The van der Waals surface area contributed by atoms with Crippen molar-refractivity contribution in [1.29, 1.82) is 0 Å². The molecule has 1 aliphatic heterocycles. The van der Waals surface area contributed by atoms with Crippen molar-refractivity contribution >= 4 is 18.3 Å². The number of aromatic nitrogens is 3. The molecule has 2 aliphatic rings. The number of hydrogen-bond donors (Lipinski definition) is 1. The molecule has 2 aromatic rings. The molecule has 152 valence electrons. The molecule has 1 aromatic heterocycles. The number of carbonyl (C=O) groups is 1. The molecule has 2 heterocycles. The highest BCUT2D eigenvalue weighted by Gasteiger charge is 2.35. The molecule has 0 bridgehead atoms. The van der Waals surface area contributed by atoms with E-state index >= 15 is 0 Å². The van der Waals surface area contributed by atoms with Gasteiger partial charge in [0.05, 0.1) is 11.7 Å². The SMILES string of the molecule is Cc1c(C(=O)N(CCc2cccc(F)c2)C2CC2)nnn1C1CCNCC1.Cl. The van der Waals surface area contributed by atoms with Crippen LogP contribution < -0.4 is 5.32 Å². The molecule has 28 heavy (non-hydrogen) atoms. The summed E-state index contributed by atoms with van der Waals surface area (Å²) in [5.74, 6) is -0.288. The Balaban J connectivity index is 0.00000225. The molecule has 4 rings (SSSR count). The maximum atomic E-state index is 13.4. The quantitative estimate of drug-likeness (QED) is 0.799. The minimum Gasteiger partial charge on any atom is -0.334 e. The van der Waals surface area contributed by atoms with Gasteiger partial charge in [-0.1, -0.05) is 17.3 Å². The third-order valence-electron chi connectivity index (χ3n) is 5.56. The Labute approximate surface area is 170 Å². The fourth-order valence-electron chi connectivity index (χ4n) is 3.85. The van der Waals surface area contributed by atoms with Crippen LogP contribution in [0.25, 0.3) is 0 Å². The van der Waals surface area contributed by atoms with Gasteiger partial charge in [-0.05, 0) is 69.8 Å². The number of nitrogens with zero attached hydrogens (tertiary/aromatic N) is 4. The molecule has 0 radical (unpaired) electrons. The van der Waals surface area contributed by atoms with Gasteiger partial charge in [0.1, 0.15) is 5.82 Å². The largest absolute Gasteiger partial charge is 0.334 e. The normalized spacial score (nSPS) is 17.2. The van der Waals surface area contributed by atoms with Crippen molar-refractivity contribution in [2.75, 3.05) is 19.6 Å². The van der Waals surface area contributed by atoms with Crippen LogP contribution in [0.3, 0.4) is 0 Å². The first-order valence-corrected chi connectivity index (χ1v) is 9.81. The predicted octanol–water partition coefficient (Wildman–Crippen LogP) is 2.92. The highest BCUT2D eigenvalue weighted by atomic mass is 35.5. The average Bonchev–Trinajstić information content (AvgIpc) is 3.44. The standard InChI is InChI=1S/C20H26FN5O.ClH/c1-14-19(23-24-26(14)18-7-10-22-11-8-18)20(27)25(17-5-6-17)12-9-15-3-2-4-16(21)13-15;/h2-4,13,17-18,22H,5-12H2,1H3;1H. The van der Waals surface area contributed by atoms with Crippen LogP contribution in [0.4, 0.5) is 4.39 Å². The summed E-state index contributed by atoms with van der Waals surface area (Å²) in [4.78, 5) is 15.1. The molecular formula is C20H27ClFN5O. The summed E-state index contributed by atoms with van der Waals surface area (Å²) in [6.07, 6.45) is 4.70. The number of piperidine rings is 1. The molecule has 2 fully saturated rings. The van der Waals surface area contributed by atoms with Crippen molar-refractivity contribution in [3.8, 4) is 0 Å². The number of hydrogen-bond acceptors (Lipinski definition) is 4. The molecule has 1 N–H and O–H groups in total. The summed E-state index contributed by atoms with van der Waals surface area (Å²) in [7, 11) is 0. The number of nitrogens with one attached hydrogen (secondary N) is 1. The minimum absolute atomic E-state index is 0. The summed E-state index contributed by atoms with van der Waals surface area (Å²) < 4.78 is 15.3. The lowest BCUT2D eigenvalue weighted by Crippen LogP contribution is -2.35. The van der Waals surface area contributed by atoms with E-state index in [1.807, 2.05) is 22.6 Å². The first-order valence-electron chi connectivity index (χ1n) is 9.81. The van der Waals surface area contributed by atoms with E-state index in [1.54, 1.807) is 6.07 Å². The fraction of sp³-hybridized carbons (Fsp3) is 0.550. The lowest BCUT2D eigenvalue weighted by Gasteiger charge is -2.24. The molecule has 1 aromatic carbocycles. The van der Waals surface area contributed by atoms with Gasteiger partial charge in [0.15, 0.2) is 5.69 Å². The summed E-state index contributed by atoms with van der Waals surface area (Å²) >= 11 is 0. The zero-order valence-corrected chi connectivity index (χ0v) is 16.9. The predicted molar refractivity (Wildman–Crippen MR) is 107 cm³/mol. The van der Waals surface area contributed by atoms with Crippen molar-refractivity contribution in [2.45, 2.75) is 51.1 Å². The number of carbonyl (C=O) groups excluding carboxylic acids is 1. The van der Waals surface area contributed by atoms with E-state index in [1.165, 1.54) is 12.1 Å². The monoisotopic (exact) mass is 407 g/mol.